The van der Waals surface area contributed by atoms with Gasteiger partial charge in [-0.1, -0.05) is 13.8 Å². The molecule has 0 aromatic heterocycles. The smallest absolute Gasteiger partial charge is 0.388 e. The van der Waals surface area contributed by atoms with Gasteiger partial charge in [-0.2, -0.15) is 13.2 Å². The average molecular weight is 322 g/mol. The lowest BCUT2D eigenvalue weighted by molar-refractivity contribution is -0.137. The van der Waals surface area contributed by atoms with Gasteiger partial charge >= 0.3 is 12.2 Å². The molecule has 0 heterocycles. The van der Waals surface area contributed by atoms with E-state index in [1.54, 1.807) is 13.8 Å². The summed E-state index contributed by atoms with van der Waals surface area (Å²) in [5.74, 6) is -1.14. The van der Waals surface area contributed by atoms with Crippen LogP contribution in [-0.2, 0) is 6.18 Å². The van der Waals surface area contributed by atoms with E-state index in [-0.39, 0.29) is 12.5 Å². The van der Waals surface area contributed by atoms with E-state index in [2.05, 4.69) is 5.32 Å². The van der Waals surface area contributed by atoms with Crippen molar-refractivity contribution < 1.29 is 27.5 Å². The van der Waals surface area contributed by atoms with Gasteiger partial charge in [0.1, 0.15) is 5.82 Å². The minimum Gasteiger partial charge on any atom is -0.388 e. The van der Waals surface area contributed by atoms with Crippen molar-refractivity contribution in [3.8, 4) is 0 Å². The summed E-state index contributed by atoms with van der Waals surface area (Å²) in [4.78, 5) is 11.6. The highest BCUT2D eigenvalue weighted by Gasteiger charge is 2.31. The summed E-state index contributed by atoms with van der Waals surface area (Å²) in [5.41, 5.74) is -2.85. The quantitative estimate of drug-likeness (QED) is 0.744. The Hall–Kier alpha value is -1.83. The minimum absolute atomic E-state index is 0.128. The second-order valence-electron chi connectivity index (χ2n) is 5.51. The number of carbonyl (C=O) groups is 1. The van der Waals surface area contributed by atoms with Crippen LogP contribution in [0.1, 0.15) is 26.3 Å². The molecule has 22 heavy (non-hydrogen) atoms. The minimum atomic E-state index is -4.64. The second kappa shape index (κ2) is 6.51. The van der Waals surface area contributed by atoms with Crippen LogP contribution >= 0.6 is 0 Å². The third kappa shape index (κ3) is 4.87. The largest absolute Gasteiger partial charge is 0.416 e. The lowest BCUT2D eigenvalue weighted by atomic mass is 9.93. The van der Waals surface area contributed by atoms with Gasteiger partial charge in [0.05, 0.1) is 16.9 Å². The molecular formula is C14H18F4N2O2. The van der Waals surface area contributed by atoms with Gasteiger partial charge in [0.25, 0.3) is 0 Å². The first-order valence-corrected chi connectivity index (χ1v) is 6.57. The molecule has 0 spiro atoms. The summed E-state index contributed by atoms with van der Waals surface area (Å²) in [5, 5.41) is 14.2. The SMILES string of the molecule is CC(C)C(C)(O)CNC(=O)Nc1cc(C(F)(F)F)ccc1F. The normalized spacial score (nSPS) is 14.6. The Balaban J connectivity index is 2.77. The van der Waals surface area contributed by atoms with E-state index >= 15 is 0 Å². The maximum atomic E-state index is 13.5. The molecule has 1 aromatic carbocycles. The molecule has 0 aliphatic heterocycles. The van der Waals surface area contributed by atoms with Gasteiger partial charge in [0, 0.05) is 6.54 Å². The van der Waals surface area contributed by atoms with Crippen molar-refractivity contribution in [3.05, 3.63) is 29.6 Å². The van der Waals surface area contributed by atoms with Gasteiger partial charge in [-0.25, -0.2) is 9.18 Å². The predicted octanol–water partition coefficient (Wildman–Crippen LogP) is 3.37. The number of nitrogens with one attached hydrogen (secondary N) is 2. The third-order valence-corrected chi connectivity index (χ3v) is 3.39. The lowest BCUT2D eigenvalue weighted by Gasteiger charge is -2.27. The molecule has 0 aliphatic rings. The molecule has 0 bridgehead atoms. The monoisotopic (exact) mass is 322 g/mol. The zero-order chi connectivity index (χ0) is 17.1. The molecule has 2 amide bonds. The molecule has 0 radical (unpaired) electrons. The molecule has 0 aliphatic carbocycles. The third-order valence-electron chi connectivity index (χ3n) is 3.39. The van der Waals surface area contributed by atoms with Crippen LogP contribution in [0.2, 0.25) is 0 Å². The van der Waals surface area contributed by atoms with Crippen molar-refractivity contribution in [1.82, 2.24) is 5.32 Å². The molecule has 1 aromatic rings. The number of benzene rings is 1. The zero-order valence-corrected chi connectivity index (χ0v) is 12.4. The van der Waals surface area contributed by atoms with Crippen molar-refractivity contribution in [1.29, 1.82) is 0 Å². The molecule has 1 unspecified atom stereocenters. The molecule has 3 N–H and O–H groups in total. The second-order valence-corrected chi connectivity index (χ2v) is 5.51. The average Bonchev–Trinajstić information content (AvgIpc) is 2.37. The van der Waals surface area contributed by atoms with E-state index in [9.17, 15) is 27.5 Å². The first kappa shape index (κ1) is 18.2. The first-order chi connectivity index (χ1) is 9.93. The number of alkyl halides is 3. The van der Waals surface area contributed by atoms with Crippen LogP contribution in [0.4, 0.5) is 28.0 Å². The van der Waals surface area contributed by atoms with Crippen LogP contribution in [0, 0.1) is 11.7 Å². The molecule has 1 rings (SSSR count). The number of urea groups is 1. The molecule has 1 atom stereocenters. The van der Waals surface area contributed by atoms with E-state index in [0.29, 0.717) is 18.2 Å². The Morgan fingerprint density at radius 3 is 2.41 bits per heavy atom. The number of hydrogen-bond donors (Lipinski definition) is 3. The van der Waals surface area contributed by atoms with Crippen LogP contribution in [0.15, 0.2) is 18.2 Å². The first-order valence-electron chi connectivity index (χ1n) is 6.57. The van der Waals surface area contributed by atoms with Crippen LogP contribution in [0.25, 0.3) is 0 Å². The predicted molar refractivity (Wildman–Crippen MR) is 73.9 cm³/mol. The van der Waals surface area contributed by atoms with Gasteiger partial charge in [0.15, 0.2) is 0 Å². The van der Waals surface area contributed by atoms with E-state index in [1.807, 2.05) is 5.32 Å². The number of aliphatic hydroxyl groups is 1. The number of hydrogen-bond acceptors (Lipinski definition) is 2. The number of amides is 2. The fourth-order valence-electron chi connectivity index (χ4n) is 1.43. The van der Waals surface area contributed by atoms with Crippen molar-refractivity contribution in [3.63, 3.8) is 0 Å². The van der Waals surface area contributed by atoms with Gasteiger partial charge < -0.3 is 15.7 Å². The molecule has 0 saturated heterocycles. The summed E-state index contributed by atoms with van der Waals surface area (Å²) >= 11 is 0. The van der Waals surface area contributed by atoms with E-state index in [4.69, 9.17) is 0 Å². The molecule has 124 valence electrons. The van der Waals surface area contributed by atoms with Crippen molar-refractivity contribution in [2.24, 2.45) is 5.92 Å². The maximum Gasteiger partial charge on any atom is 0.416 e. The fourth-order valence-corrected chi connectivity index (χ4v) is 1.43. The van der Waals surface area contributed by atoms with E-state index in [0.717, 1.165) is 0 Å². The Bertz CT molecular complexity index is 542. The van der Waals surface area contributed by atoms with Gasteiger partial charge in [0.2, 0.25) is 0 Å². The maximum absolute atomic E-state index is 13.5. The van der Waals surface area contributed by atoms with Crippen LogP contribution < -0.4 is 10.6 Å². The van der Waals surface area contributed by atoms with Crippen LogP contribution in [0.3, 0.4) is 0 Å². The Morgan fingerprint density at radius 2 is 1.91 bits per heavy atom. The Kier molecular flexibility index (Phi) is 5.39. The van der Waals surface area contributed by atoms with Crippen molar-refractivity contribution in [2.75, 3.05) is 11.9 Å². The van der Waals surface area contributed by atoms with Crippen LogP contribution in [0.5, 0.6) is 0 Å². The van der Waals surface area contributed by atoms with Gasteiger partial charge in [-0.3, -0.25) is 0 Å². The Labute approximate surface area is 125 Å². The van der Waals surface area contributed by atoms with Gasteiger partial charge in [-0.15, -0.1) is 0 Å². The molecule has 0 saturated carbocycles. The number of halogens is 4. The Morgan fingerprint density at radius 1 is 1.32 bits per heavy atom. The van der Waals surface area contributed by atoms with E-state index in [1.165, 1.54) is 6.92 Å². The topological polar surface area (TPSA) is 61.4 Å². The summed E-state index contributed by atoms with van der Waals surface area (Å²) in [7, 11) is 0. The fraction of sp³-hybridized carbons (Fsp3) is 0.500. The molecule has 4 nitrogen and oxygen atoms in total. The summed E-state index contributed by atoms with van der Waals surface area (Å²) in [6, 6.07) is 0.819. The van der Waals surface area contributed by atoms with Crippen molar-refractivity contribution in [2.45, 2.75) is 32.5 Å². The van der Waals surface area contributed by atoms with Gasteiger partial charge in [-0.05, 0) is 31.0 Å². The highest BCUT2D eigenvalue weighted by Crippen LogP contribution is 2.31. The summed E-state index contributed by atoms with van der Waals surface area (Å²) < 4.78 is 51.1. The standard InChI is InChI=1S/C14H18F4N2O2/c1-8(2)13(3,22)7-19-12(21)20-11-6-9(14(16,17)18)4-5-10(11)15/h4-6,8,22H,7H2,1-3H3,(H2,19,20,21). The highest BCUT2D eigenvalue weighted by atomic mass is 19.4. The zero-order valence-electron chi connectivity index (χ0n) is 12.4. The molecule has 0 fully saturated rings. The lowest BCUT2D eigenvalue weighted by Crippen LogP contribution is -2.45. The van der Waals surface area contributed by atoms with Crippen LogP contribution in [-0.4, -0.2) is 23.3 Å². The van der Waals surface area contributed by atoms with Crippen molar-refractivity contribution >= 4 is 11.7 Å². The summed E-state index contributed by atoms with van der Waals surface area (Å²) in [6.45, 7) is 4.86. The molecule has 8 heteroatoms. The molecular weight excluding hydrogens is 304 g/mol. The number of carbonyl (C=O) groups excluding carboxylic acids is 1. The highest BCUT2D eigenvalue weighted by molar-refractivity contribution is 5.89. The number of anilines is 1. The summed E-state index contributed by atoms with van der Waals surface area (Å²) in [6.07, 6.45) is -4.64. The number of rotatable bonds is 4. The van der Waals surface area contributed by atoms with E-state index < -0.39 is 34.9 Å².